The molecule has 1 amide bonds. The van der Waals surface area contributed by atoms with Gasteiger partial charge >= 0.3 is 10.2 Å². The van der Waals surface area contributed by atoms with Crippen LogP contribution in [0.4, 0.5) is 10.1 Å². The average molecular weight is 391 g/mol. The number of amides is 1. The summed E-state index contributed by atoms with van der Waals surface area (Å²) in [6, 6.07) is 10.7. The summed E-state index contributed by atoms with van der Waals surface area (Å²) in [6.45, 7) is 1.76. The lowest BCUT2D eigenvalue weighted by Gasteiger charge is -2.19. The molecule has 2 aromatic carbocycles. The van der Waals surface area contributed by atoms with Crippen molar-refractivity contribution in [3.05, 3.63) is 58.9 Å². The minimum atomic E-state index is -4.18. The van der Waals surface area contributed by atoms with Gasteiger partial charge in [0.25, 0.3) is 5.91 Å². The molecule has 0 radical (unpaired) electrons. The Labute approximate surface area is 156 Å². The van der Waals surface area contributed by atoms with Crippen LogP contribution in [0, 0.1) is 5.82 Å². The molecule has 2 aliphatic heterocycles. The van der Waals surface area contributed by atoms with E-state index in [0.717, 1.165) is 13.1 Å². The van der Waals surface area contributed by atoms with Gasteiger partial charge in [-0.1, -0.05) is 24.3 Å². The van der Waals surface area contributed by atoms with E-state index in [9.17, 15) is 22.7 Å². The number of hydrogen-bond acceptors (Lipinski definition) is 5. The van der Waals surface area contributed by atoms with E-state index in [4.69, 9.17) is 0 Å². The molecule has 2 aromatic rings. The normalized spacial score (nSPS) is 18.6. The first-order chi connectivity index (χ1) is 12.8. The number of nitrogens with one attached hydrogen (secondary N) is 1. The van der Waals surface area contributed by atoms with Crippen LogP contribution in [0.25, 0.3) is 0 Å². The van der Waals surface area contributed by atoms with Crippen molar-refractivity contribution in [3.63, 3.8) is 0 Å². The Bertz CT molecular complexity index is 977. The van der Waals surface area contributed by atoms with Gasteiger partial charge in [-0.2, -0.15) is 8.42 Å². The predicted molar refractivity (Wildman–Crippen MR) is 96.7 cm³/mol. The van der Waals surface area contributed by atoms with Crippen LogP contribution in [-0.2, 0) is 34.5 Å². The second kappa shape index (κ2) is 6.50. The van der Waals surface area contributed by atoms with Crippen molar-refractivity contribution in [1.29, 1.82) is 0 Å². The van der Waals surface area contributed by atoms with Gasteiger partial charge in [0.05, 0.1) is 0 Å². The molecule has 1 saturated heterocycles. The molecule has 1 fully saturated rings. The number of phenols is 1. The Morgan fingerprint density at radius 3 is 2.33 bits per heavy atom. The summed E-state index contributed by atoms with van der Waals surface area (Å²) in [5, 5.41) is 10.2. The zero-order valence-corrected chi connectivity index (χ0v) is 15.2. The van der Waals surface area contributed by atoms with E-state index in [2.05, 4.69) is 17.0 Å². The number of hydrogen-bond donors (Lipinski definition) is 2. The predicted octanol–water partition coefficient (Wildman–Crippen LogP) is 1.27. The zero-order chi connectivity index (χ0) is 19.2. The average Bonchev–Trinajstić information content (AvgIpc) is 3.12. The number of nitrogens with zero attached hydrogens (tertiary/aromatic N) is 2. The standard InChI is InChI=1S/C18H18FN3O4S/c19-15-7-12(5-6-21-9-13-3-1-2-4-14(13)10-21)8-16(23)18(15)22-11-17(24)20-27(22,25)26/h1-4,7-8,23H,5-6,9-11H2,(H,20,24). The van der Waals surface area contributed by atoms with E-state index >= 15 is 0 Å². The Balaban J connectivity index is 1.49. The lowest BCUT2D eigenvalue weighted by molar-refractivity contribution is -0.117. The van der Waals surface area contributed by atoms with Crippen LogP contribution in [0.3, 0.4) is 0 Å². The van der Waals surface area contributed by atoms with E-state index in [0.29, 0.717) is 22.8 Å². The number of aromatic hydroxyl groups is 1. The number of carbonyl (C=O) groups is 1. The maximum absolute atomic E-state index is 14.5. The van der Waals surface area contributed by atoms with Gasteiger partial charge in [-0.05, 0) is 35.2 Å². The molecule has 2 heterocycles. The molecule has 0 atom stereocenters. The van der Waals surface area contributed by atoms with Gasteiger partial charge in [-0.15, -0.1) is 0 Å². The molecule has 0 unspecified atom stereocenters. The van der Waals surface area contributed by atoms with Crippen molar-refractivity contribution in [2.75, 3.05) is 17.4 Å². The van der Waals surface area contributed by atoms with Crippen molar-refractivity contribution in [2.24, 2.45) is 0 Å². The molecule has 7 nitrogen and oxygen atoms in total. The fourth-order valence-electron chi connectivity index (χ4n) is 3.53. The van der Waals surface area contributed by atoms with Crippen LogP contribution >= 0.6 is 0 Å². The first-order valence-electron chi connectivity index (χ1n) is 8.47. The second-order valence-corrected chi connectivity index (χ2v) is 8.31. The highest BCUT2D eigenvalue weighted by Gasteiger charge is 2.37. The molecule has 4 rings (SSSR count). The fraction of sp³-hybridized carbons (Fsp3) is 0.278. The van der Waals surface area contributed by atoms with Crippen molar-refractivity contribution >= 4 is 21.8 Å². The molecule has 27 heavy (non-hydrogen) atoms. The van der Waals surface area contributed by atoms with Crippen molar-refractivity contribution in [2.45, 2.75) is 19.5 Å². The number of halogens is 1. The number of benzene rings is 2. The Kier molecular flexibility index (Phi) is 4.27. The molecule has 0 aromatic heterocycles. The van der Waals surface area contributed by atoms with Crippen LogP contribution in [-0.4, -0.2) is 37.4 Å². The molecule has 0 spiro atoms. The van der Waals surface area contributed by atoms with Gasteiger partial charge in [0.15, 0.2) is 5.82 Å². The number of fused-ring (bicyclic) bond motifs is 1. The van der Waals surface area contributed by atoms with Gasteiger partial charge in [0.2, 0.25) is 0 Å². The molecule has 9 heteroatoms. The molecule has 142 valence electrons. The molecule has 2 aliphatic rings. The van der Waals surface area contributed by atoms with Crippen LogP contribution < -0.4 is 9.03 Å². The quantitative estimate of drug-likeness (QED) is 0.819. The van der Waals surface area contributed by atoms with Gasteiger partial charge in [0, 0.05) is 19.6 Å². The molecular weight excluding hydrogens is 373 g/mol. The van der Waals surface area contributed by atoms with Gasteiger partial charge in [-0.3, -0.25) is 9.69 Å². The summed E-state index contributed by atoms with van der Waals surface area (Å²) in [6.07, 6.45) is 0.503. The topological polar surface area (TPSA) is 90.0 Å². The van der Waals surface area contributed by atoms with E-state index < -0.39 is 39.9 Å². The first kappa shape index (κ1) is 17.7. The first-order valence-corrected chi connectivity index (χ1v) is 9.91. The smallest absolute Gasteiger partial charge is 0.326 e. The van der Waals surface area contributed by atoms with Gasteiger partial charge in [-0.25, -0.2) is 13.4 Å². The highest BCUT2D eigenvalue weighted by molar-refractivity contribution is 7.92. The van der Waals surface area contributed by atoms with Gasteiger partial charge in [0.1, 0.15) is 18.0 Å². The van der Waals surface area contributed by atoms with E-state index in [1.165, 1.54) is 23.3 Å². The summed E-state index contributed by atoms with van der Waals surface area (Å²) in [7, 11) is -4.18. The Hall–Kier alpha value is -2.65. The van der Waals surface area contributed by atoms with E-state index in [1.54, 1.807) is 4.72 Å². The van der Waals surface area contributed by atoms with Crippen LogP contribution in [0.1, 0.15) is 16.7 Å². The summed E-state index contributed by atoms with van der Waals surface area (Å²) in [4.78, 5) is 13.6. The number of carbonyl (C=O) groups excluding carboxylic acids is 1. The van der Waals surface area contributed by atoms with Crippen molar-refractivity contribution in [1.82, 2.24) is 9.62 Å². The monoisotopic (exact) mass is 391 g/mol. The third-order valence-corrected chi connectivity index (χ3v) is 6.17. The third-order valence-electron chi connectivity index (χ3n) is 4.80. The highest BCUT2D eigenvalue weighted by Crippen LogP contribution is 2.34. The Morgan fingerprint density at radius 2 is 1.78 bits per heavy atom. The number of anilines is 1. The molecular formula is C18H18FN3O4S. The maximum Gasteiger partial charge on any atom is 0.326 e. The summed E-state index contributed by atoms with van der Waals surface area (Å²) in [5.74, 6) is -2.16. The lowest BCUT2D eigenvalue weighted by Crippen LogP contribution is -2.30. The number of rotatable bonds is 4. The lowest BCUT2D eigenvalue weighted by atomic mass is 10.1. The summed E-state index contributed by atoms with van der Waals surface area (Å²) >= 11 is 0. The second-order valence-electron chi connectivity index (χ2n) is 6.71. The SMILES string of the molecule is O=C1CN(c2c(O)cc(CCN3Cc4ccccc4C3)cc2F)S(=O)(=O)N1. The third kappa shape index (κ3) is 3.35. The minimum Gasteiger partial charge on any atom is -0.506 e. The molecule has 0 saturated carbocycles. The molecule has 0 bridgehead atoms. The number of phenolic OH excluding ortho intramolecular Hbond substituents is 1. The van der Waals surface area contributed by atoms with Crippen LogP contribution in [0.2, 0.25) is 0 Å². The highest BCUT2D eigenvalue weighted by atomic mass is 32.2. The van der Waals surface area contributed by atoms with Crippen molar-refractivity contribution < 1.29 is 22.7 Å². The zero-order valence-electron chi connectivity index (χ0n) is 14.4. The van der Waals surface area contributed by atoms with Crippen LogP contribution in [0.5, 0.6) is 5.75 Å². The van der Waals surface area contributed by atoms with E-state index in [1.807, 2.05) is 12.1 Å². The van der Waals surface area contributed by atoms with Crippen molar-refractivity contribution in [3.8, 4) is 5.75 Å². The van der Waals surface area contributed by atoms with Gasteiger partial charge < -0.3 is 5.11 Å². The fourth-order valence-corrected chi connectivity index (χ4v) is 4.70. The largest absolute Gasteiger partial charge is 0.506 e. The Morgan fingerprint density at radius 1 is 1.11 bits per heavy atom. The summed E-state index contributed by atoms with van der Waals surface area (Å²) < 4.78 is 40.6. The molecule has 2 N–H and O–H groups in total. The maximum atomic E-state index is 14.5. The summed E-state index contributed by atoms with van der Waals surface area (Å²) in [5.41, 5.74) is 2.60. The van der Waals surface area contributed by atoms with E-state index in [-0.39, 0.29) is 0 Å². The molecule has 0 aliphatic carbocycles. The minimum absolute atomic E-state index is 0.503. The van der Waals surface area contributed by atoms with Crippen LogP contribution in [0.15, 0.2) is 36.4 Å².